The number of benzene rings is 2. The molecule has 0 spiro atoms. The van der Waals surface area contributed by atoms with Crippen LogP contribution in [0.3, 0.4) is 0 Å². The monoisotopic (exact) mass is 421 g/mol. The van der Waals surface area contributed by atoms with Gasteiger partial charge in [-0.1, -0.05) is 36.4 Å². The number of hydrogen-bond acceptors (Lipinski definition) is 5. The fourth-order valence-electron chi connectivity index (χ4n) is 3.88. The van der Waals surface area contributed by atoms with E-state index in [2.05, 4.69) is 22.6 Å². The summed E-state index contributed by atoms with van der Waals surface area (Å²) in [5.74, 6) is -0.668. The summed E-state index contributed by atoms with van der Waals surface area (Å²) >= 11 is 0. The Morgan fingerprint density at radius 3 is 2.58 bits per heavy atom. The molecule has 3 rings (SSSR count). The van der Waals surface area contributed by atoms with Crippen molar-refractivity contribution < 1.29 is 9.59 Å². The molecule has 0 aliphatic carbocycles. The van der Waals surface area contributed by atoms with Crippen LogP contribution < -0.4 is 22.1 Å². The van der Waals surface area contributed by atoms with E-state index in [4.69, 9.17) is 11.5 Å². The number of anilines is 2. The van der Waals surface area contributed by atoms with Crippen LogP contribution in [0.4, 0.5) is 11.4 Å². The molecule has 1 fully saturated rings. The van der Waals surface area contributed by atoms with Crippen molar-refractivity contribution in [2.45, 2.75) is 31.3 Å². The van der Waals surface area contributed by atoms with Gasteiger partial charge in [0.05, 0.1) is 11.4 Å². The highest BCUT2D eigenvalue weighted by Gasteiger charge is 2.22. The van der Waals surface area contributed by atoms with Crippen molar-refractivity contribution in [2.24, 2.45) is 5.73 Å². The van der Waals surface area contributed by atoms with Crippen LogP contribution in [0, 0.1) is 0 Å². The molecule has 1 aliphatic rings. The number of primary amides is 1. The van der Waals surface area contributed by atoms with Gasteiger partial charge in [0.15, 0.2) is 0 Å². The van der Waals surface area contributed by atoms with Crippen molar-refractivity contribution in [1.29, 1.82) is 0 Å². The van der Waals surface area contributed by atoms with Gasteiger partial charge in [0.1, 0.15) is 6.04 Å². The number of rotatable bonds is 9. The first-order valence-electron chi connectivity index (χ1n) is 10.6. The van der Waals surface area contributed by atoms with Gasteiger partial charge in [0.25, 0.3) is 0 Å². The van der Waals surface area contributed by atoms with Gasteiger partial charge in [-0.2, -0.15) is 0 Å². The summed E-state index contributed by atoms with van der Waals surface area (Å²) in [6.07, 6.45) is 6.57. The Labute approximate surface area is 183 Å². The number of nitrogens with zero attached hydrogens (tertiary/aromatic N) is 1. The van der Waals surface area contributed by atoms with Crippen LogP contribution in [0.25, 0.3) is 6.08 Å². The maximum atomic E-state index is 12.1. The first kappa shape index (κ1) is 22.5. The summed E-state index contributed by atoms with van der Waals surface area (Å²) in [6, 6.07) is 14.6. The number of nitrogens with two attached hydrogens (primary N) is 2. The van der Waals surface area contributed by atoms with Crippen LogP contribution >= 0.6 is 0 Å². The molecule has 2 unspecified atom stereocenters. The Bertz CT molecular complexity index is 926. The Hall–Kier alpha value is -3.16. The molecule has 0 aromatic heterocycles. The minimum Gasteiger partial charge on any atom is -0.397 e. The molecule has 2 aromatic carbocycles. The van der Waals surface area contributed by atoms with E-state index in [-0.39, 0.29) is 5.91 Å². The lowest BCUT2D eigenvalue weighted by atomic mass is 10.0. The van der Waals surface area contributed by atoms with E-state index in [0.717, 1.165) is 30.6 Å². The fourth-order valence-corrected chi connectivity index (χ4v) is 3.88. The third kappa shape index (κ3) is 6.41. The Balaban J connectivity index is 1.55. The van der Waals surface area contributed by atoms with E-state index >= 15 is 0 Å². The largest absolute Gasteiger partial charge is 0.397 e. The lowest BCUT2D eigenvalue weighted by Crippen LogP contribution is -2.36. The average Bonchev–Trinajstić information content (AvgIpc) is 3.16. The second kappa shape index (κ2) is 10.7. The zero-order valence-corrected chi connectivity index (χ0v) is 17.9. The zero-order chi connectivity index (χ0) is 22.2. The lowest BCUT2D eigenvalue weighted by molar-refractivity contribution is -0.120. The van der Waals surface area contributed by atoms with Crippen molar-refractivity contribution in [3.63, 3.8) is 0 Å². The van der Waals surface area contributed by atoms with Crippen molar-refractivity contribution in [3.8, 4) is 0 Å². The van der Waals surface area contributed by atoms with Gasteiger partial charge in [-0.15, -0.1) is 0 Å². The Kier molecular flexibility index (Phi) is 7.81. The highest BCUT2D eigenvalue weighted by molar-refractivity contribution is 6.03. The van der Waals surface area contributed by atoms with Gasteiger partial charge in [0.2, 0.25) is 11.8 Å². The standard InChI is InChI=1S/C24H31N5O2/c1-29-16-4-5-19(29)14-15-27-23(24(26)31)18-11-8-17(9-12-18)10-13-22(30)28-21-7-3-2-6-20(21)25/h2-3,6-13,19,23,27H,4-5,14-16,25H2,1H3,(H2,26,31)(H,28,30)/b13-10+. The minimum atomic E-state index is -0.533. The lowest BCUT2D eigenvalue weighted by Gasteiger charge is -2.21. The van der Waals surface area contributed by atoms with Gasteiger partial charge in [-0.25, -0.2) is 0 Å². The highest BCUT2D eigenvalue weighted by atomic mass is 16.2. The normalized spacial score (nSPS) is 17.6. The van der Waals surface area contributed by atoms with Crippen LogP contribution in [0.5, 0.6) is 0 Å². The number of carbonyl (C=O) groups is 2. The van der Waals surface area contributed by atoms with E-state index in [9.17, 15) is 9.59 Å². The molecule has 1 aliphatic heterocycles. The molecule has 2 aromatic rings. The maximum Gasteiger partial charge on any atom is 0.248 e. The second-order valence-corrected chi connectivity index (χ2v) is 7.93. The Morgan fingerprint density at radius 1 is 1.19 bits per heavy atom. The summed E-state index contributed by atoms with van der Waals surface area (Å²) in [5, 5.41) is 6.04. The molecule has 1 heterocycles. The smallest absolute Gasteiger partial charge is 0.248 e. The van der Waals surface area contributed by atoms with E-state index in [1.807, 2.05) is 36.4 Å². The molecule has 0 radical (unpaired) electrons. The number of likely N-dealkylation sites (tertiary alicyclic amines) is 1. The first-order chi connectivity index (χ1) is 14.9. The first-order valence-corrected chi connectivity index (χ1v) is 10.6. The molecule has 2 atom stereocenters. The summed E-state index contributed by atoms with van der Waals surface area (Å²) in [6.45, 7) is 1.86. The molecular formula is C24H31N5O2. The predicted molar refractivity (Wildman–Crippen MR) is 125 cm³/mol. The summed E-state index contributed by atoms with van der Waals surface area (Å²) in [5.41, 5.74) is 14.2. The molecule has 0 saturated carbocycles. The molecule has 6 N–H and O–H groups in total. The number of nitrogens with one attached hydrogen (secondary N) is 2. The molecule has 2 amide bonds. The predicted octanol–water partition coefficient (Wildman–Crippen LogP) is 2.52. The zero-order valence-electron chi connectivity index (χ0n) is 17.9. The van der Waals surface area contributed by atoms with Crippen LogP contribution in [0.15, 0.2) is 54.6 Å². The van der Waals surface area contributed by atoms with Crippen LogP contribution in [0.1, 0.15) is 36.4 Å². The Morgan fingerprint density at radius 2 is 1.94 bits per heavy atom. The van der Waals surface area contributed by atoms with Gasteiger partial charge in [-0.3, -0.25) is 9.59 Å². The van der Waals surface area contributed by atoms with Crippen LogP contribution in [0.2, 0.25) is 0 Å². The number of nitrogen functional groups attached to an aromatic ring is 1. The quantitative estimate of drug-likeness (QED) is 0.367. The molecule has 31 heavy (non-hydrogen) atoms. The molecule has 1 saturated heterocycles. The van der Waals surface area contributed by atoms with Crippen molar-refractivity contribution in [1.82, 2.24) is 10.2 Å². The van der Waals surface area contributed by atoms with E-state index in [1.54, 1.807) is 18.2 Å². The summed E-state index contributed by atoms with van der Waals surface area (Å²) < 4.78 is 0. The fraction of sp³-hybridized carbons (Fsp3) is 0.333. The SMILES string of the molecule is CN1CCCC1CCNC(C(N)=O)c1ccc(/C=C/C(=O)Nc2ccccc2N)cc1. The number of para-hydroxylation sites is 2. The topological polar surface area (TPSA) is 113 Å². The van der Waals surface area contributed by atoms with Gasteiger partial charge in [0, 0.05) is 12.1 Å². The molecule has 7 nitrogen and oxygen atoms in total. The van der Waals surface area contributed by atoms with Gasteiger partial charge >= 0.3 is 0 Å². The van der Waals surface area contributed by atoms with E-state index in [0.29, 0.717) is 17.4 Å². The number of amides is 2. The van der Waals surface area contributed by atoms with Crippen molar-refractivity contribution >= 4 is 29.3 Å². The summed E-state index contributed by atoms with van der Waals surface area (Å²) in [4.78, 5) is 26.5. The van der Waals surface area contributed by atoms with Crippen LogP contribution in [-0.4, -0.2) is 42.9 Å². The van der Waals surface area contributed by atoms with Crippen molar-refractivity contribution in [3.05, 3.63) is 65.7 Å². The molecular weight excluding hydrogens is 390 g/mol. The second-order valence-electron chi connectivity index (χ2n) is 7.93. The number of carbonyl (C=O) groups excluding carboxylic acids is 2. The highest BCUT2D eigenvalue weighted by Crippen LogP contribution is 2.19. The van der Waals surface area contributed by atoms with Crippen molar-refractivity contribution in [2.75, 3.05) is 31.2 Å². The minimum absolute atomic E-state index is 0.268. The van der Waals surface area contributed by atoms with E-state index < -0.39 is 11.9 Å². The van der Waals surface area contributed by atoms with Gasteiger partial charge in [-0.05, 0) is 68.7 Å². The molecule has 0 bridgehead atoms. The summed E-state index contributed by atoms with van der Waals surface area (Å²) in [7, 11) is 2.14. The third-order valence-electron chi connectivity index (χ3n) is 5.70. The van der Waals surface area contributed by atoms with Gasteiger partial charge < -0.3 is 27.0 Å². The maximum absolute atomic E-state index is 12.1. The molecule has 7 heteroatoms. The average molecular weight is 422 g/mol. The van der Waals surface area contributed by atoms with E-state index in [1.165, 1.54) is 18.9 Å². The number of hydrogen-bond donors (Lipinski definition) is 4. The third-order valence-corrected chi connectivity index (χ3v) is 5.70. The van der Waals surface area contributed by atoms with Crippen LogP contribution in [-0.2, 0) is 9.59 Å². The molecule has 164 valence electrons.